The number of hydrogen-bond donors (Lipinski definition) is 1. The number of hydrogen-bond acceptors (Lipinski definition) is 5. The second kappa shape index (κ2) is 7.87. The molecule has 1 aromatic heterocycles. The molecule has 2 heterocycles. The van der Waals surface area contributed by atoms with E-state index in [1.54, 1.807) is 18.5 Å². The molecule has 1 atom stereocenters. The molecule has 0 aliphatic carbocycles. The number of likely N-dealkylation sites (tertiary alicyclic amines) is 1. The molecule has 8 heteroatoms. The molecule has 0 radical (unpaired) electrons. The molecule has 2 aromatic rings. The highest BCUT2D eigenvalue weighted by atomic mass is 16.6. The maximum Gasteiger partial charge on any atom is 0.312 e. The minimum Gasteiger partial charge on any atom is -0.337 e. The van der Waals surface area contributed by atoms with E-state index in [1.807, 2.05) is 36.2 Å². The number of carbonyl (C=O) groups is 1. The molecule has 0 bridgehead atoms. The van der Waals surface area contributed by atoms with Gasteiger partial charge in [0.05, 0.1) is 11.5 Å². The average molecular weight is 371 g/mol. The van der Waals surface area contributed by atoms with E-state index >= 15 is 0 Å². The summed E-state index contributed by atoms with van der Waals surface area (Å²) in [5.41, 5.74) is 2.61. The standard InChI is InChI=1S/C19H25N5O3/c1-13-18(24(26)27)14(2)23(21-13)11-15-6-8-16(9-7-15)19(25)22-10-4-5-17(12-22)20-3/h6-9,17,20H,4-5,10-12H2,1-3H3. The normalized spacial score (nSPS) is 17.1. The van der Waals surface area contributed by atoms with Crippen LogP contribution in [0.25, 0.3) is 0 Å². The highest BCUT2D eigenvalue weighted by Gasteiger charge is 2.24. The van der Waals surface area contributed by atoms with Crippen molar-refractivity contribution < 1.29 is 9.72 Å². The third-order valence-electron chi connectivity index (χ3n) is 5.18. The minimum atomic E-state index is -0.396. The SMILES string of the molecule is CNC1CCCN(C(=O)c2ccc(Cn3nc(C)c([N+](=O)[O-])c3C)cc2)C1. The zero-order valence-electron chi connectivity index (χ0n) is 15.9. The van der Waals surface area contributed by atoms with E-state index in [9.17, 15) is 14.9 Å². The molecule has 27 heavy (non-hydrogen) atoms. The van der Waals surface area contributed by atoms with Gasteiger partial charge in [-0.25, -0.2) is 0 Å². The maximum absolute atomic E-state index is 12.7. The van der Waals surface area contributed by atoms with Crippen molar-refractivity contribution in [3.05, 3.63) is 56.9 Å². The van der Waals surface area contributed by atoms with Crippen molar-refractivity contribution in [2.24, 2.45) is 0 Å². The first-order valence-electron chi connectivity index (χ1n) is 9.14. The first kappa shape index (κ1) is 19.0. The lowest BCUT2D eigenvalue weighted by Crippen LogP contribution is -2.46. The zero-order valence-corrected chi connectivity index (χ0v) is 15.9. The number of nitrogens with zero attached hydrogens (tertiary/aromatic N) is 4. The van der Waals surface area contributed by atoms with Crippen LogP contribution < -0.4 is 5.32 Å². The summed E-state index contributed by atoms with van der Waals surface area (Å²) < 4.78 is 1.63. The van der Waals surface area contributed by atoms with Gasteiger partial charge < -0.3 is 10.2 Å². The number of amides is 1. The Hall–Kier alpha value is -2.74. The molecule has 3 rings (SSSR count). The van der Waals surface area contributed by atoms with Gasteiger partial charge in [-0.3, -0.25) is 19.6 Å². The molecule has 144 valence electrons. The summed E-state index contributed by atoms with van der Waals surface area (Å²) in [6.45, 7) is 5.28. The maximum atomic E-state index is 12.7. The van der Waals surface area contributed by atoms with Gasteiger partial charge in [0.2, 0.25) is 0 Å². The van der Waals surface area contributed by atoms with Crippen LogP contribution in [0.4, 0.5) is 5.69 Å². The van der Waals surface area contributed by atoms with E-state index in [0.29, 0.717) is 29.5 Å². The molecule has 1 aliphatic heterocycles. The Balaban J connectivity index is 1.71. The number of piperidine rings is 1. The third-order valence-corrected chi connectivity index (χ3v) is 5.18. The molecule has 1 amide bonds. The van der Waals surface area contributed by atoms with Gasteiger partial charge in [0.1, 0.15) is 11.4 Å². The highest BCUT2D eigenvalue weighted by molar-refractivity contribution is 5.94. The Morgan fingerprint density at radius 2 is 2.04 bits per heavy atom. The van der Waals surface area contributed by atoms with Crippen LogP contribution in [0.2, 0.25) is 0 Å². The van der Waals surface area contributed by atoms with E-state index in [1.165, 1.54) is 0 Å². The summed E-state index contributed by atoms with van der Waals surface area (Å²) in [5, 5.41) is 18.6. The first-order valence-corrected chi connectivity index (χ1v) is 9.14. The van der Waals surface area contributed by atoms with E-state index in [2.05, 4.69) is 10.4 Å². The second-order valence-corrected chi connectivity index (χ2v) is 7.01. The molecule has 1 aromatic carbocycles. The van der Waals surface area contributed by atoms with Crippen molar-refractivity contribution in [1.82, 2.24) is 20.0 Å². The van der Waals surface area contributed by atoms with Gasteiger partial charge in [-0.05, 0) is 51.4 Å². The smallest absolute Gasteiger partial charge is 0.312 e. The van der Waals surface area contributed by atoms with E-state index < -0.39 is 4.92 Å². The predicted molar refractivity (Wildman–Crippen MR) is 102 cm³/mol. The van der Waals surface area contributed by atoms with Gasteiger partial charge in [0.15, 0.2) is 0 Å². The van der Waals surface area contributed by atoms with Crippen molar-refractivity contribution in [2.45, 2.75) is 39.3 Å². The first-order chi connectivity index (χ1) is 12.9. The minimum absolute atomic E-state index is 0.0447. The van der Waals surface area contributed by atoms with Gasteiger partial charge in [0, 0.05) is 24.7 Å². The van der Waals surface area contributed by atoms with E-state index in [4.69, 9.17) is 0 Å². The van der Waals surface area contributed by atoms with Gasteiger partial charge in [0.25, 0.3) is 5.91 Å². The van der Waals surface area contributed by atoms with Crippen LogP contribution in [-0.4, -0.2) is 51.7 Å². The Labute approximate surface area is 158 Å². The molecule has 1 unspecified atom stereocenters. The van der Waals surface area contributed by atoms with Crippen molar-refractivity contribution >= 4 is 11.6 Å². The lowest BCUT2D eigenvalue weighted by Gasteiger charge is -2.32. The molecular formula is C19H25N5O3. The predicted octanol–water partition coefficient (Wildman–Crippen LogP) is 2.28. The number of benzene rings is 1. The van der Waals surface area contributed by atoms with Gasteiger partial charge in [-0.15, -0.1) is 0 Å². The summed E-state index contributed by atoms with van der Waals surface area (Å²) in [4.78, 5) is 25.3. The van der Waals surface area contributed by atoms with Gasteiger partial charge in [-0.1, -0.05) is 12.1 Å². The molecule has 8 nitrogen and oxygen atoms in total. The zero-order chi connectivity index (χ0) is 19.6. The lowest BCUT2D eigenvalue weighted by atomic mass is 10.0. The summed E-state index contributed by atoms with van der Waals surface area (Å²) in [7, 11) is 1.93. The van der Waals surface area contributed by atoms with Crippen molar-refractivity contribution in [2.75, 3.05) is 20.1 Å². The molecule has 1 fully saturated rings. The van der Waals surface area contributed by atoms with Crippen LogP contribution in [0, 0.1) is 24.0 Å². The van der Waals surface area contributed by atoms with Crippen molar-refractivity contribution in [3.63, 3.8) is 0 Å². The van der Waals surface area contributed by atoms with Crippen LogP contribution in [0.15, 0.2) is 24.3 Å². The fraction of sp³-hybridized carbons (Fsp3) is 0.474. The second-order valence-electron chi connectivity index (χ2n) is 7.01. The summed E-state index contributed by atoms with van der Waals surface area (Å²) >= 11 is 0. The highest BCUT2D eigenvalue weighted by Crippen LogP contribution is 2.23. The number of carbonyl (C=O) groups excluding carboxylic acids is 1. The van der Waals surface area contributed by atoms with Crippen LogP contribution in [0.1, 0.15) is 40.2 Å². The van der Waals surface area contributed by atoms with Gasteiger partial charge >= 0.3 is 5.69 Å². The summed E-state index contributed by atoms with van der Waals surface area (Å²) in [6.07, 6.45) is 2.10. The molecule has 1 saturated heterocycles. The van der Waals surface area contributed by atoms with Crippen molar-refractivity contribution in [3.8, 4) is 0 Å². The van der Waals surface area contributed by atoms with Gasteiger partial charge in [-0.2, -0.15) is 5.10 Å². The quantitative estimate of drug-likeness (QED) is 0.643. The third kappa shape index (κ3) is 4.00. The monoisotopic (exact) mass is 371 g/mol. The van der Waals surface area contributed by atoms with Crippen LogP contribution >= 0.6 is 0 Å². The Bertz CT molecular complexity index is 844. The fourth-order valence-corrected chi connectivity index (χ4v) is 3.61. The summed E-state index contributed by atoms with van der Waals surface area (Å²) in [6, 6.07) is 7.76. The van der Waals surface area contributed by atoms with E-state index in [-0.39, 0.29) is 11.6 Å². The molecule has 1 aliphatic rings. The topological polar surface area (TPSA) is 93.3 Å². The summed E-state index contributed by atoms with van der Waals surface area (Å²) in [5.74, 6) is 0.0447. The number of nitrogens with one attached hydrogen (secondary N) is 1. The van der Waals surface area contributed by atoms with E-state index in [0.717, 1.165) is 31.5 Å². The van der Waals surface area contributed by atoms with Crippen LogP contribution in [-0.2, 0) is 6.54 Å². The Kier molecular flexibility index (Phi) is 5.55. The van der Waals surface area contributed by atoms with Crippen molar-refractivity contribution in [1.29, 1.82) is 0 Å². The fourth-order valence-electron chi connectivity index (χ4n) is 3.61. The molecule has 1 N–H and O–H groups in total. The Morgan fingerprint density at radius 1 is 1.33 bits per heavy atom. The Morgan fingerprint density at radius 3 is 2.63 bits per heavy atom. The molecule has 0 spiro atoms. The average Bonchev–Trinajstić information content (AvgIpc) is 2.95. The van der Waals surface area contributed by atoms with Crippen LogP contribution in [0.3, 0.4) is 0 Å². The molecular weight excluding hydrogens is 346 g/mol. The molecule has 0 saturated carbocycles. The largest absolute Gasteiger partial charge is 0.337 e. The number of nitro groups is 1. The number of likely N-dealkylation sites (N-methyl/N-ethyl adjacent to an activating group) is 1. The lowest BCUT2D eigenvalue weighted by molar-refractivity contribution is -0.386. The number of aromatic nitrogens is 2. The van der Waals surface area contributed by atoms with Crippen LogP contribution in [0.5, 0.6) is 0 Å². The number of aryl methyl sites for hydroxylation is 1. The number of rotatable bonds is 5.